The van der Waals surface area contributed by atoms with Gasteiger partial charge in [0.05, 0.1) is 16.7 Å². The maximum absolute atomic E-state index is 13.1. The zero-order valence-electron chi connectivity index (χ0n) is 16.7. The topological polar surface area (TPSA) is 121 Å². The highest BCUT2D eigenvalue weighted by molar-refractivity contribution is 7.20. The predicted octanol–water partition coefficient (Wildman–Crippen LogP) is 3.59. The number of nitrogens with one attached hydrogen (secondary N) is 3. The van der Waals surface area contributed by atoms with Gasteiger partial charge in [-0.3, -0.25) is 19.6 Å². The van der Waals surface area contributed by atoms with E-state index in [1.807, 2.05) is 30.3 Å². The smallest absolute Gasteiger partial charge is 0.284 e. The number of hydrogen-bond donors (Lipinski definition) is 4. The van der Waals surface area contributed by atoms with Crippen molar-refractivity contribution in [2.45, 2.75) is 12.5 Å². The second kappa shape index (κ2) is 9.46. The molecule has 1 unspecified atom stereocenters. The van der Waals surface area contributed by atoms with E-state index in [4.69, 9.17) is 9.62 Å². The first-order chi connectivity index (χ1) is 15.5. The normalized spacial score (nSPS) is 11.7. The van der Waals surface area contributed by atoms with Crippen LogP contribution >= 0.6 is 11.3 Å². The number of furan rings is 1. The molecule has 2 aromatic heterocycles. The lowest BCUT2D eigenvalue weighted by Gasteiger charge is -2.18. The summed E-state index contributed by atoms with van der Waals surface area (Å²) in [4.78, 5) is 37.6. The second-order valence-electron chi connectivity index (χ2n) is 7.02. The molecule has 4 N–H and O–H groups in total. The van der Waals surface area contributed by atoms with Gasteiger partial charge in [0.25, 0.3) is 11.8 Å². The standard InChI is InChI=1S/C23H19N3O5S/c27-21(15-8-9-31-13-15)25-18(10-14-4-2-1-3-5-14)22(28)24-17-6-7-19-16(11-17)12-20(32-19)23(29)26-30/h1-9,11-13,18,30H,10H2,(H,24,28)(H,25,27)(H,26,29). The van der Waals surface area contributed by atoms with Crippen molar-refractivity contribution in [1.82, 2.24) is 10.8 Å². The van der Waals surface area contributed by atoms with E-state index in [-0.39, 0.29) is 5.91 Å². The van der Waals surface area contributed by atoms with E-state index >= 15 is 0 Å². The third kappa shape index (κ3) is 4.85. The molecule has 0 fully saturated rings. The van der Waals surface area contributed by atoms with E-state index in [1.165, 1.54) is 29.9 Å². The van der Waals surface area contributed by atoms with E-state index in [1.54, 1.807) is 29.7 Å². The fourth-order valence-corrected chi connectivity index (χ4v) is 4.14. The van der Waals surface area contributed by atoms with Crippen LogP contribution in [0.5, 0.6) is 0 Å². The molecule has 0 bridgehead atoms. The molecule has 162 valence electrons. The molecule has 0 radical (unpaired) electrons. The van der Waals surface area contributed by atoms with Crippen molar-refractivity contribution in [2.24, 2.45) is 0 Å². The number of carbonyl (C=O) groups is 3. The van der Waals surface area contributed by atoms with Crippen molar-refractivity contribution in [2.75, 3.05) is 5.32 Å². The molecule has 0 aliphatic rings. The fourth-order valence-electron chi connectivity index (χ4n) is 3.21. The summed E-state index contributed by atoms with van der Waals surface area (Å²) >= 11 is 1.22. The van der Waals surface area contributed by atoms with Crippen molar-refractivity contribution in [3.8, 4) is 0 Å². The summed E-state index contributed by atoms with van der Waals surface area (Å²) in [5, 5.41) is 15.2. The average Bonchev–Trinajstić information content (AvgIpc) is 3.48. The van der Waals surface area contributed by atoms with Crippen molar-refractivity contribution in [1.29, 1.82) is 0 Å². The van der Waals surface area contributed by atoms with Crippen LogP contribution in [0.2, 0.25) is 0 Å². The molecule has 0 aliphatic carbocycles. The number of benzene rings is 2. The summed E-state index contributed by atoms with van der Waals surface area (Å²) in [5.74, 6) is -1.39. The molecular formula is C23H19N3O5S. The third-order valence-electron chi connectivity index (χ3n) is 4.80. The van der Waals surface area contributed by atoms with Crippen molar-refractivity contribution >= 4 is 44.8 Å². The van der Waals surface area contributed by atoms with Gasteiger partial charge in [-0.1, -0.05) is 30.3 Å². The molecule has 32 heavy (non-hydrogen) atoms. The van der Waals surface area contributed by atoms with Gasteiger partial charge < -0.3 is 15.1 Å². The van der Waals surface area contributed by atoms with Crippen LogP contribution in [0.15, 0.2) is 77.6 Å². The van der Waals surface area contributed by atoms with Gasteiger partial charge >= 0.3 is 0 Å². The number of rotatable bonds is 7. The number of hydroxylamine groups is 1. The minimum Gasteiger partial charge on any atom is -0.472 e. The Morgan fingerprint density at radius 2 is 1.81 bits per heavy atom. The highest BCUT2D eigenvalue weighted by atomic mass is 32.1. The minimum absolute atomic E-state index is 0.303. The molecule has 4 rings (SSSR count). The van der Waals surface area contributed by atoms with E-state index < -0.39 is 17.9 Å². The van der Waals surface area contributed by atoms with Gasteiger partial charge in [-0.15, -0.1) is 11.3 Å². The number of hydrogen-bond acceptors (Lipinski definition) is 6. The van der Waals surface area contributed by atoms with Crippen molar-refractivity contribution < 1.29 is 24.0 Å². The lowest BCUT2D eigenvalue weighted by atomic mass is 10.0. The number of anilines is 1. The maximum Gasteiger partial charge on any atom is 0.284 e. The maximum atomic E-state index is 13.1. The van der Waals surface area contributed by atoms with E-state index in [0.717, 1.165) is 15.6 Å². The van der Waals surface area contributed by atoms with Crippen LogP contribution in [0.3, 0.4) is 0 Å². The quantitative estimate of drug-likeness (QED) is 0.254. The molecule has 0 aliphatic heterocycles. The predicted molar refractivity (Wildman–Crippen MR) is 120 cm³/mol. The van der Waals surface area contributed by atoms with E-state index in [2.05, 4.69) is 10.6 Å². The Bertz CT molecular complexity index is 1250. The summed E-state index contributed by atoms with van der Waals surface area (Å²) in [6, 6.07) is 16.9. The molecule has 0 saturated carbocycles. The molecule has 1 atom stereocenters. The summed E-state index contributed by atoms with van der Waals surface area (Å²) < 4.78 is 5.78. The molecule has 9 heteroatoms. The molecule has 2 heterocycles. The largest absolute Gasteiger partial charge is 0.472 e. The molecule has 2 aromatic carbocycles. The zero-order valence-corrected chi connectivity index (χ0v) is 17.5. The summed E-state index contributed by atoms with van der Waals surface area (Å²) in [7, 11) is 0. The van der Waals surface area contributed by atoms with Crippen LogP contribution in [0.4, 0.5) is 5.69 Å². The van der Waals surface area contributed by atoms with Gasteiger partial charge in [-0.05, 0) is 41.3 Å². The fraction of sp³-hybridized carbons (Fsp3) is 0.0870. The van der Waals surface area contributed by atoms with E-state index in [0.29, 0.717) is 22.5 Å². The van der Waals surface area contributed by atoms with Gasteiger partial charge in [0.15, 0.2) is 0 Å². The van der Waals surface area contributed by atoms with Crippen molar-refractivity contribution in [3.05, 3.63) is 89.2 Å². The van der Waals surface area contributed by atoms with Crippen LogP contribution < -0.4 is 16.1 Å². The van der Waals surface area contributed by atoms with Gasteiger partial charge in [0, 0.05) is 16.8 Å². The monoisotopic (exact) mass is 449 g/mol. The first kappa shape index (κ1) is 21.3. The molecule has 4 aromatic rings. The highest BCUT2D eigenvalue weighted by Gasteiger charge is 2.23. The molecule has 3 amide bonds. The summed E-state index contributed by atoms with van der Waals surface area (Å²) in [6.45, 7) is 0. The summed E-state index contributed by atoms with van der Waals surface area (Å²) in [5.41, 5.74) is 3.35. The average molecular weight is 449 g/mol. The van der Waals surface area contributed by atoms with Gasteiger partial charge in [0.1, 0.15) is 12.3 Å². The van der Waals surface area contributed by atoms with Crippen LogP contribution in [0.25, 0.3) is 10.1 Å². The number of carbonyl (C=O) groups excluding carboxylic acids is 3. The SMILES string of the molecule is O=C(NC(Cc1ccccc1)C(=O)Nc1ccc2sc(C(=O)NO)cc2c1)c1ccoc1. The highest BCUT2D eigenvalue weighted by Crippen LogP contribution is 2.28. The molecular weight excluding hydrogens is 430 g/mol. The third-order valence-corrected chi connectivity index (χ3v) is 5.91. The lowest BCUT2D eigenvalue weighted by molar-refractivity contribution is -0.118. The Labute approximate surface area is 186 Å². The number of thiophene rings is 1. The molecule has 0 spiro atoms. The van der Waals surface area contributed by atoms with Crippen LogP contribution in [-0.4, -0.2) is 29.0 Å². The van der Waals surface area contributed by atoms with Crippen LogP contribution in [0, 0.1) is 0 Å². The van der Waals surface area contributed by atoms with Crippen molar-refractivity contribution in [3.63, 3.8) is 0 Å². The Morgan fingerprint density at radius 3 is 2.53 bits per heavy atom. The Kier molecular flexibility index (Phi) is 6.29. The van der Waals surface area contributed by atoms with E-state index in [9.17, 15) is 14.4 Å². The van der Waals surface area contributed by atoms with Gasteiger partial charge in [0.2, 0.25) is 5.91 Å². The molecule has 0 saturated heterocycles. The minimum atomic E-state index is -0.825. The zero-order chi connectivity index (χ0) is 22.5. The van der Waals surface area contributed by atoms with Crippen LogP contribution in [0.1, 0.15) is 25.6 Å². The second-order valence-corrected chi connectivity index (χ2v) is 8.11. The number of fused-ring (bicyclic) bond motifs is 1. The Hall–Kier alpha value is -3.95. The Balaban J connectivity index is 1.54. The van der Waals surface area contributed by atoms with Gasteiger partial charge in [-0.25, -0.2) is 5.48 Å². The number of amides is 3. The van der Waals surface area contributed by atoms with Gasteiger partial charge in [-0.2, -0.15) is 0 Å². The van der Waals surface area contributed by atoms with Crippen LogP contribution in [-0.2, 0) is 11.2 Å². The first-order valence-electron chi connectivity index (χ1n) is 9.69. The lowest BCUT2D eigenvalue weighted by Crippen LogP contribution is -2.45. The Morgan fingerprint density at radius 1 is 1.00 bits per heavy atom. The summed E-state index contributed by atoms with van der Waals surface area (Å²) in [6.07, 6.45) is 3.01. The first-order valence-corrected chi connectivity index (χ1v) is 10.5. The molecule has 8 nitrogen and oxygen atoms in total.